The molecule has 2 aromatic heterocycles. The number of hydrogen-bond donors (Lipinski definition) is 3. The van der Waals surface area contributed by atoms with Gasteiger partial charge < -0.3 is 40.6 Å². The van der Waals surface area contributed by atoms with E-state index in [1.54, 1.807) is 0 Å². The molecule has 0 bridgehead atoms. The van der Waals surface area contributed by atoms with Gasteiger partial charge in [-0.3, -0.25) is 0 Å². The van der Waals surface area contributed by atoms with Crippen LogP contribution in [-0.4, -0.2) is 82.6 Å². The van der Waals surface area contributed by atoms with E-state index in [-0.39, 0.29) is 35.7 Å². The van der Waals surface area contributed by atoms with Gasteiger partial charge in [0, 0.05) is 25.0 Å². The number of anilines is 4. The molecule has 0 spiro atoms. The van der Waals surface area contributed by atoms with Crippen LogP contribution in [0.2, 0.25) is 5.28 Å². The quantitative estimate of drug-likeness (QED) is 0.0407. The van der Waals surface area contributed by atoms with E-state index in [0.717, 1.165) is 35.5 Å². The maximum atomic E-state index is 6.54. The number of rotatable bonds is 31. The molecule has 0 saturated carbocycles. The highest BCUT2D eigenvalue weighted by Crippen LogP contribution is 2.32. The van der Waals surface area contributed by atoms with Gasteiger partial charge in [0.1, 0.15) is 11.5 Å². The Labute approximate surface area is 374 Å². The molecule has 5 N–H and O–H groups in total. The number of nitrogen functional groups attached to an aromatic ring is 2. The highest BCUT2D eigenvalue weighted by Gasteiger charge is 2.34. The van der Waals surface area contributed by atoms with Crippen molar-refractivity contribution in [3.8, 4) is 17.5 Å². The molecule has 3 heterocycles. The number of nitrogens with zero attached hydrogens (tertiary/aromatic N) is 7. The molecule has 4 aromatic rings. The third-order valence-electron chi connectivity index (χ3n) is 11.2. The summed E-state index contributed by atoms with van der Waals surface area (Å²) in [4.78, 5) is 28.1. The van der Waals surface area contributed by atoms with Crippen LogP contribution in [0.15, 0.2) is 48.5 Å². The zero-order chi connectivity index (χ0) is 43.7. The highest BCUT2D eigenvalue weighted by atomic mass is 35.5. The van der Waals surface area contributed by atoms with Crippen molar-refractivity contribution in [3.63, 3.8) is 0 Å². The number of hydrogen-bond acceptors (Lipinski definition) is 14. The zero-order valence-electron chi connectivity index (χ0n) is 37.3. The molecular weight excluding hydrogens is 804 g/mol. The van der Waals surface area contributed by atoms with Gasteiger partial charge in [-0.05, 0) is 72.7 Å². The molecule has 62 heavy (non-hydrogen) atoms. The second kappa shape index (κ2) is 27.4. The maximum Gasteiger partial charge on any atom is 0.323 e. The van der Waals surface area contributed by atoms with E-state index in [2.05, 4.69) is 68.3 Å². The van der Waals surface area contributed by atoms with E-state index in [9.17, 15) is 0 Å². The summed E-state index contributed by atoms with van der Waals surface area (Å²) in [5, 5.41) is 3.41. The summed E-state index contributed by atoms with van der Waals surface area (Å²) in [7, 11) is 0. The van der Waals surface area contributed by atoms with Crippen LogP contribution in [0.3, 0.4) is 0 Å². The van der Waals surface area contributed by atoms with Crippen molar-refractivity contribution >= 4 is 35.4 Å². The van der Waals surface area contributed by atoms with Crippen LogP contribution in [-0.2, 0) is 17.6 Å². The van der Waals surface area contributed by atoms with Gasteiger partial charge in [0.2, 0.25) is 29.1 Å². The van der Waals surface area contributed by atoms with Crippen LogP contribution < -0.4 is 35.9 Å². The first-order valence-corrected chi connectivity index (χ1v) is 23.5. The van der Waals surface area contributed by atoms with E-state index in [1.165, 1.54) is 89.9 Å². The molecule has 2 aromatic carbocycles. The molecule has 14 nitrogen and oxygen atoms in total. The monoisotopic (exact) mass is 875 g/mol. The second-order valence-corrected chi connectivity index (χ2v) is 16.9. The number of unbranched alkanes of at least 4 members (excludes halogenated alkanes) is 14. The van der Waals surface area contributed by atoms with Crippen LogP contribution in [0.25, 0.3) is 0 Å². The first-order valence-electron chi connectivity index (χ1n) is 23.1. The van der Waals surface area contributed by atoms with Crippen LogP contribution >= 0.6 is 11.6 Å². The Balaban J connectivity index is 1.32. The lowest BCUT2D eigenvalue weighted by atomic mass is 9.77. The number of morpholine rings is 1. The average Bonchev–Trinajstić information content (AvgIpc) is 3.27. The lowest BCUT2D eigenvalue weighted by molar-refractivity contribution is 0.121. The molecule has 0 radical (unpaired) electrons. The smallest absolute Gasteiger partial charge is 0.323 e. The van der Waals surface area contributed by atoms with Crippen molar-refractivity contribution in [1.29, 1.82) is 0 Å². The normalized spacial score (nSPS) is 13.0. The van der Waals surface area contributed by atoms with Gasteiger partial charge in [-0.15, -0.1) is 0 Å². The molecular formula is C47H71ClN10O4. The predicted octanol–water partition coefficient (Wildman–Crippen LogP) is 9.71. The summed E-state index contributed by atoms with van der Waals surface area (Å²) < 4.78 is 24.4. The van der Waals surface area contributed by atoms with E-state index in [1.807, 2.05) is 29.2 Å². The summed E-state index contributed by atoms with van der Waals surface area (Å²) in [5.41, 5.74) is 13.8. The number of halogens is 1. The molecule has 1 saturated heterocycles. The van der Waals surface area contributed by atoms with Crippen molar-refractivity contribution in [1.82, 2.24) is 29.9 Å². The number of aromatic nitrogens is 6. The van der Waals surface area contributed by atoms with Gasteiger partial charge in [0.25, 0.3) is 0 Å². The van der Waals surface area contributed by atoms with Gasteiger partial charge in [0.05, 0.1) is 33.0 Å². The van der Waals surface area contributed by atoms with Gasteiger partial charge in [-0.2, -0.15) is 29.9 Å². The fourth-order valence-electron chi connectivity index (χ4n) is 7.72. The Morgan fingerprint density at radius 2 is 1.11 bits per heavy atom. The fourth-order valence-corrected chi connectivity index (χ4v) is 7.89. The number of nitrogens with one attached hydrogen (secondary N) is 1. The second-order valence-electron chi connectivity index (χ2n) is 16.6. The van der Waals surface area contributed by atoms with Crippen molar-refractivity contribution in [2.75, 3.05) is 74.4 Å². The summed E-state index contributed by atoms with van der Waals surface area (Å²) in [6.45, 7) is 8.94. The first kappa shape index (κ1) is 48.3. The van der Waals surface area contributed by atoms with Crippen LogP contribution in [0.5, 0.6) is 17.5 Å². The minimum Gasteiger partial charge on any atom is -0.494 e. The summed E-state index contributed by atoms with van der Waals surface area (Å²) >= 11 is 6.22. The molecule has 0 atom stereocenters. The lowest BCUT2D eigenvalue weighted by Crippen LogP contribution is -2.41. The van der Waals surface area contributed by atoms with Crippen LogP contribution in [0.4, 0.5) is 23.8 Å². The Kier molecular flexibility index (Phi) is 21.4. The molecule has 0 aliphatic carbocycles. The maximum absolute atomic E-state index is 6.54. The summed E-state index contributed by atoms with van der Waals surface area (Å²) in [5.74, 6) is 2.54. The van der Waals surface area contributed by atoms with Gasteiger partial charge >= 0.3 is 6.01 Å². The Bertz CT molecular complexity index is 1750. The van der Waals surface area contributed by atoms with Gasteiger partial charge in [-0.1, -0.05) is 128 Å². The molecule has 15 heteroatoms. The minimum absolute atomic E-state index is 0.00304. The standard InChI is InChI=1S/C47H71ClN10O4/c1-3-5-7-9-11-13-15-17-29-60-39-23-19-37(20-24-39)33-47(35-51-44-53-41(48)52-42(49)54-44,36-62-46-56-43(50)55-45(57-46)58-27-31-59-32-28-58)34-38-21-25-40(26-22-38)61-30-18-16-14-12-10-8-6-4-2/h19-26H,3-18,27-36H2,1-2H3,(H2,50,55,56,57)(H3,49,51,52,53,54). The summed E-state index contributed by atoms with van der Waals surface area (Å²) in [6, 6.07) is 16.8. The first-order chi connectivity index (χ1) is 30.3. The van der Waals surface area contributed by atoms with E-state index in [0.29, 0.717) is 64.9 Å². The number of nitrogens with two attached hydrogens (primary N) is 2. The van der Waals surface area contributed by atoms with E-state index in [4.69, 9.17) is 47.0 Å². The average molecular weight is 876 g/mol. The minimum atomic E-state index is -0.618. The van der Waals surface area contributed by atoms with Crippen molar-refractivity contribution in [2.45, 2.75) is 129 Å². The molecule has 1 aliphatic heterocycles. The molecule has 0 unspecified atom stereocenters. The van der Waals surface area contributed by atoms with Crippen molar-refractivity contribution in [3.05, 3.63) is 64.9 Å². The lowest BCUT2D eigenvalue weighted by Gasteiger charge is -2.34. The third kappa shape index (κ3) is 18.0. The molecule has 1 aliphatic rings. The van der Waals surface area contributed by atoms with Gasteiger partial charge in [-0.25, -0.2) is 0 Å². The Morgan fingerprint density at radius 1 is 0.613 bits per heavy atom. The number of benzene rings is 2. The number of ether oxygens (including phenoxy) is 4. The predicted molar refractivity (Wildman–Crippen MR) is 249 cm³/mol. The van der Waals surface area contributed by atoms with E-state index >= 15 is 0 Å². The molecule has 1 fully saturated rings. The van der Waals surface area contributed by atoms with E-state index < -0.39 is 5.41 Å². The summed E-state index contributed by atoms with van der Waals surface area (Å²) in [6.07, 6.45) is 21.3. The molecule has 340 valence electrons. The zero-order valence-corrected chi connectivity index (χ0v) is 38.1. The van der Waals surface area contributed by atoms with Crippen LogP contribution in [0.1, 0.15) is 128 Å². The third-order valence-corrected chi connectivity index (χ3v) is 11.4. The van der Waals surface area contributed by atoms with Crippen LogP contribution in [0, 0.1) is 5.41 Å². The molecule has 5 rings (SSSR count). The van der Waals surface area contributed by atoms with Gasteiger partial charge in [0.15, 0.2) is 0 Å². The van der Waals surface area contributed by atoms with Crippen molar-refractivity contribution in [2.24, 2.45) is 5.41 Å². The SMILES string of the molecule is CCCCCCCCCCOc1ccc(CC(CNc2nc(N)nc(Cl)n2)(COc2nc(N)nc(N3CCOCC3)n2)Cc2ccc(OCCCCCCCCCC)cc2)cc1. The Hall–Kier alpha value is -4.69. The fraction of sp³-hybridized carbons (Fsp3) is 0.617. The molecule has 0 amide bonds. The largest absolute Gasteiger partial charge is 0.494 e. The Morgan fingerprint density at radius 3 is 1.63 bits per heavy atom. The van der Waals surface area contributed by atoms with Crippen molar-refractivity contribution < 1.29 is 18.9 Å². The highest BCUT2D eigenvalue weighted by molar-refractivity contribution is 6.28. The topological polar surface area (TPSA) is 182 Å².